The Bertz CT molecular complexity index is 500. The fraction of sp³-hybridized carbons (Fsp3) is 0.412. The molecule has 5 nitrogen and oxygen atoms in total. The van der Waals surface area contributed by atoms with E-state index in [9.17, 15) is 9.59 Å². The van der Waals surface area contributed by atoms with Gasteiger partial charge in [-0.05, 0) is 25.8 Å². The van der Waals surface area contributed by atoms with Crippen LogP contribution in [-0.4, -0.2) is 30.6 Å². The van der Waals surface area contributed by atoms with E-state index in [1.165, 1.54) is 0 Å². The molecule has 0 radical (unpaired) electrons. The van der Waals surface area contributed by atoms with E-state index in [0.717, 1.165) is 12.0 Å². The van der Waals surface area contributed by atoms with E-state index in [2.05, 4.69) is 16.0 Å². The monoisotopic (exact) mass is 303 g/mol. The third-order valence-corrected chi connectivity index (χ3v) is 3.23. The molecule has 0 saturated heterocycles. The highest BCUT2D eigenvalue weighted by Gasteiger charge is 2.16. The van der Waals surface area contributed by atoms with Crippen molar-refractivity contribution in [2.75, 3.05) is 6.54 Å². The van der Waals surface area contributed by atoms with Crippen LogP contribution in [0.4, 0.5) is 4.79 Å². The summed E-state index contributed by atoms with van der Waals surface area (Å²) >= 11 is 0. The number of nitrogens with one attached hydrogen (secondary N) is 3. The van der Waals surface area contributed by atoms with Crippen molar-refractivity contribution in [3.8, 4) is 0 Å². The first-order valence-corrected chi connectivity index (χ1v) is 7.59. The second-order valence-electron chi connectivity index (χ2n) is 5.21. The summed E-state index contributed by atoms with van der Waals surface area (Å²) in [6.07, 6.45) is 4.65. The number of urea groups is 1. The lowest BCUT2D eigenvalue weighted by Crippen LogP contribution is -2.50. The van der Waals surface area contributed by atoms with Gasteiger partial charge in [-0.3, -0.25) is 4.79 Å². The van der Waals surface area contributed by atoms with Gasteiger partial charge in [0.15, 0.2) is 0 Å². The smallest absolute Gasteiger partial charge is 0.315 e. The molecule has 0 fully saturated rings. The fourth-order valence-electron chi connectivity index (χ4n) is 1.69. The summed E-state index contributed by atoms with van der Waals surface area (Å²) in [5.74, 6) is -0.177. The lowest BCUT2D eigenvalue weighted by molar-refractivity contribution is -0.123. The largest absolute Gasteiger partial charge is 0.352 e. The van der Waals surface area contributed by atoms with Crippen LogP contribution in [0.3, 0.4) is 0 Å². The maximum absolute atomic E-state index is 11.8. The average Bonchev–Trinajstić information content (AvgIpc) is 2.52. The Kier molecular flexibility index (Phi) is 7.75. The molecule has 1 aromatic carbocycles. The van der Waals surface area contributed by atoms with Gasteiger partial charge in [0, 0.05) is 12.6 Å². The maximum Gasteiger partial charge on any atom is 0.315 e. The zero-order chi connectivity index (χ0) is 16.4. The average molecular weight is 303 g/mol. The number of hydrogen-bond donors (Lipinski definition) is 3. The topological polar surface area (TPSA) is 70.2 Å². The molecular formula is C17H25N3O2. The number of amides is 3. The van der Waals surface area contributed by atoms with Crippen molar-refractivity contribution in [1.82, 2.24) is 16.0 Å². The summed E-state index contributed by atoms with van der Waals surface area (Å²) in [4.78, 5) is 23.5. The molecule has 3 amide bonds. The van der Waals surface area contributed by atoms with E-state index in [4.69, 9.17) is 0 Å². The van der Waals surface area contributed by atoms with Crippen molar-refractivity contribution in [3.63, 3.8) is 0 Å². The normalized spacial score (nSPS) is 13.4. The Morgan fingerprint density at radius 1 is 1.14 bits per heavy atom. The van der Waals surface area contributed by atoms with E-state index < -0.39 is 6.04 Å². The molecule has 0 heterocycles. The molecule has 120 valence electrons. The zero-order valence-electron chi connectivity index (χ0n) is 13.4. The minimum atomic E-state index is -0.563. The molecule has 1 aromatic rings. The van der Waals surface area contributed by atoms with Crippen LogP contribution in [-0.2, 0) is 4.79 Å². The number of rotatable bonds is 7. The van der Waals surface area contributed by atoms with Crippen molar-refractivity contribution in [3.05, 3.63) is 42.0 Å². The molecular weight excluding hydrogens is 278 g/mol. The van der Waals surface area contributed by atoms with E-state index in [1.807, 2.05) is 56.3 Å². The first-order chi connectivity index (χ1) is 10.5. The van der Waals surface area contributed by atoms with Gasteiger partial charge in [0.2, 0.25) is 5.91 Å². The number of benzene rings is 1. The van der Waals surface area contributed by atoms with Crippen LogP contribution in [0.1, 0.15) is 32.8 Å². The van der Waals surface area contributed by atoms with E-state index >= 15 is 0 Å². The lowest BCUT2D eigenvalue weighted by atomic mass is 10.2. The van der Waals surface area contributed by atoms with Gasteiger partial charge in [0.1, 0.15) is 6.04 Å². The summed E-state index contributed by atoms with van der Waals surface area (Å²) in [5, 5.41) is 8.13. The Labute approximate surface area is 132 Å². The second-order valence-corrected chi connectivity index (χ2v) is 5.21. The zero-order valence-corrected chi connectivity index (χ0v) is 13.4. The summed E-state index contributed by atoms with van der Waals surface area (Å²) < 4.78 is 0. The molecule has 0 aliphatic carbocycles. The molecule has 0 aliphatic rings. The number of carbonyl (C=O) groups excluding carboxylic acids is 2. The highest BCUT2D eigenvalue weighted by Crippen LogP contribution is 1.99. The van der Waals surface area contributed by atoms with Crippen LogP contribution in [0.15, 0.2) is 36.4 Å². The molecule has 3 N–H and O–H groups in total. The Morgan fingerprint density at radius 3 is 2.45 bits per heavy atom. The molecule has 0 aromatic heterocycles. The Morgan fingerprint density at radius 2 is 1.82 bits per heavy atom. The highest BCUT2D eigenvalue weighted by molar-refractivity contribution is 5.86. The Hall–Kier alpha value is -2.30. The van der Waals surface area contributed by atoms with Crippen LogP contribution in [0.5, 0.6) is 0 Å². The van der Waals surface area contributed by atoms with Crippen molar-refractivity contribution < 1.29 is 9.59 Å². The van der Waals surface area contributed by atoms with Gasteiger partial charge in [0.25, 0.3) is 0 Å². The van der Waals surface area contributed by atoms with Gasteiger partial charge in [-0.25, -0.2) is 4.79 Å². The quantitative estimate of drug-likeness (QED) is 0.723. The first kappa shape index (κ1) is 17.8. The minimum absolute atomic E-state index is 0.105. The van der Waals surface area contributed by atoms with Gasteiger partial charge >= 0.3 is 6.03 Å². The molecule has 1 rings (SSSR count). The summed E-state index contributed by atoms with van der Waals surface area (Å²) in [7, 11) is 0. The SMILES string of the molecule is CC[C@H](C)NC(=O)[C@@H](C)NC(=O)NC/C=C\c1ccccc1. The predicted octanol–water partition coefficient (Wildman–Crippen LogP) is 2.30. The van der Waals surface area contributed by atoms with Gasteiger partial charge in [0.05, 0.1) is 0 Å². The van der Waals surface area contributed by atoms with Crippen LogP contribution in [0.2, 0.25) is 0 Å². The molecule has 0 saturated carbocycles. The molecule has 22 heavy (non-hydrogen) atoms. The van der Waals surface area contributed by atoms with Crippen molar-refractivity contribution >= 4 is 18.0 Å². The third kappa shape index (κ3) is 6.92. The molecule has 5 heteroatoms. The van der Waals surface area contributed by atoms with Gasteiger partial charge in [-0.15, -0.1) is 0 Å². The van der Waals surface area contributed by atoms with Crippen LogP contribution in [0.25, 0.3) is 6.08 Å². The van der Waals surface area contributed by atoms with Gasteiger partial charge in [-0.2, -0.15) is 0 Å². The second kappa shape index (κ2) is 9.60. The molecule has 0 aliphatic heterocycles. The summed E-state index contributed by atoms with van der Waals surface area (Å²) in [6.45, 7) is 5.99. The predicted molar refractivity (Wildman–Crippen MR) is 89.4 cm³/mol. The van der Waals surface area contributed by atoms with E-state index in [-0.39, 0.29) is 18.0 Å². The minimum Gasteiger partial charge on any atom is -0.352 e. The standard InChI is InChI=1S/C17H25N3O2/c1-4-13(2)19-16(21)14(3)20-17(22)18-12-8-11-15-9-6-5-7-10-15/h5-11,13-14H,4,12H2,1-3H3,(H,19,21)(H2,18,20,22)/b11-8-/t13-,14+/m0/s1. The van der Waals surface area contributed by atoms with Crippen molar-refractivity contribution in [1.29, 1.82) is 0 Å². The third-order valence-electron chi connectivity index (χ3n) is 3.23. The molecule has 0 unspecified atom stereocenters. The van der Waals surface area contributed by atoms with Gasteiger partial charge in [-0.1, -0.05) is 49.4 Å². The highest BCUT2D eigenvalue weighted by atomic mass is 16.2. The fourth-order valence-corrected chi connectivity index (χ4v) is 1.69. The van der Waals surface area contributed by atoms with Crippen molar-refractivity contribution in [2.24, 2.45) is 0 Å². The summed E-state index contributed by atoms with van der Waals surface area (Å²) in [5.41, 5.74) is 1.08. The van der Waals surface area contributed by atoms with E-state index in [1.54, 1.807) is 6.92 Å². The first-order valence-electron chi connectivity index (χ1n) is 7.59. The van der Waals surface area contributed by atoms with E-state index in [0.29, 0.717) is 6.54 Å². The number of hydrogen-bond acceptors (Lipinski definition) is 2. The molecule has 0 bridgehead atoms. The Balaban J connectivity index is 2.28. The molecule has 2 atom stereocenters. The molecule has 0 spiro atoms. The lowest BCUT2D eigenvalue weighted by Gasteiger charge is -2.17. The summed E-state index contributed by atoms with van der Waals surface area (Å²) in [6, 6.07) is 9.02. The number of carbonyl (C=O) groups is 2. The van der Waals surface area contributed by atoms with Crippen LogP contribution >= 0.6 is 0 Å². The van der Waals surface area contributed by atoms with Crippen LogP contribution in [0, 0.1) is 0 Å². The van der Waals surface area contributed by atoms with Gasteiger partial charge < -0.3 is 16.0 Å². The van der Waals surface area contributed by atoms with Crippen molar-refractivity contribution in [2.45, 2.75) is 39.3 Å². The maximum atomic E-state index is 11.8. The van der Waals surface area contributed by atoms with Crippen LogP contribution < -0.4 is 16.0 Å².